The average Bonchev–Trinajstić information content (AvgIpc) is 2.14. The molecule has 0 spiro atoms. The molecule has 0 fully saturated rings. The Hall–Kier alpha value is 1.84. The number of alkyl halides is 4. The number of rotatable bonds is 6. The maximum atomic E-state index is 8.86. The molecule has 0 saturated carbocycles. The van der Waals surface area contributed by atoms with Crippen LogP contribution in [-0.4, -0.2) is 42.7 Å². The van der Waals surface area contributed by atoms with Gasteiger partial charge in [0, 0.05) is 9.65 Å². The predicted octanol–water partition coefficient (Wildman–Crippen LogP) is 2.42. The fraction of sp³-hybridized carbons (Fsp3) is 1.00. The lowest BCUT2D eigenvalue weighted by atomic mass is 10.1. The predicted molar refractivity (Wildman–Crippen MR) is 69.6 cm³/mol. The van der Waals surface area contributed by atoms with Crippen molar-refractivity contribution in [2.24, 2.45) is 0 Å². The van der Waals surface area contributed by atoms with Crippen LogP contribution in [0.25, 0.3) is 0 Å². The van der Waals surface area contributed by atoms with E-state index in [0.717, 1.165) is 6.42 Å². The molecule has 0 aromatic heterocycles. The van der Waals surface area contributed by atoms with Gasteiger partial charge in [-0.05, 0) is 6.42 Å². The molecular formula is C7H12Br4O2. The van der Waals surface area contributed by atoms with Crippen molar-refractivity contribution >= 4 is 63.7 Å². The second-order valence-corrected chi connectivity index (χ2v) is 7.37. The summed E-state index contributed by atoms with van der Waals surface area (Å²) in [6.07, 6.45) is 0.826. The van der Waals surface area contributed by atoms with Gasteiger partial charge < -0.3 is 10.2 Å². The van der Waals surface area contributed by atoms with Crippen LogP contribution in [0.2, 0.25) is 0 Å². The molecule has 2 N–H and O–H groups in total. The van der Waals surface area contributed by atoms with E-state index in [1.165, 1.54) is 0 Å². The van der Waals surface area contributed by atoms with Crippen LogP contribution in [0.3, 0.4) is 0 Å². The Morgan fingerprint density at radius 3 is 1.23 bits per heavy atom. The van der Waals surface area contributed by atoms with Crippen LogP contribution in [0.4, 0.5) is 0 Å². The Morgan fingerprint density at radius 1 is 0.692 bits per heavy atom. The van der Waals surface area contributed by atoms with Crippen molar-refractivity contribution in [1.82, 2.24) is 0 Å². The van der Waals surface area contributed by atoms with Gasteiger partial charge in [0.15, 0.2) is 0 Å². The molecule has 0 bridgehead atoms. The minimum absolute atomic E-state index is 0.0472. The molecule has 0 aromatic rings. The van der Waals surface area contributed by atoms with E-state index in [1.54, 1.807) is 0 Å². The van der Waals surface area contributed by atoms with Crippen LogP contribution in [0, 0.1) is 0 Å². The summed E-state index contributed by atoms with van der Waals surface area (Å²) >= 11 is 13.6. The zero-order valence-corrected chi connectivity index (χ0v) is 13.2. The SMILES string of the molecule is OC[C@@H](Br)[C@H](Br)C[C@@H](Br)[C@@H](Br)CO. The van der Waals surface area contributed by atoms with Crippen molar-refractivity contribution in [3.05, 3.63) is 0 Å². The highest BCUT2D eigenvalue weighted by atomic mass is 79.9. The van der Waals surface area contributed by atoms with Crippen molar-refractivity contribution in [1.29, 1.82) is 0 Å². The van der Waals surface area contributed by atoms with Crippen molar-refractivity contribution < 1.29 is 10.2 Å². The van der Waals surface area contributed by atoms with Crippen LogP contribution in [0.1, 0.15) is 6.42 Å². The number of aliphatic hydroxyl groups is 2. The first-order chi connectivity index (χ1) is 6.02. The number of hydrogen-bond donors (Lipinski definition) is 2. The Morgan fingerprint density at radius 2 is 1.00 bits per heavy atom. The molecule has 0 aromatic carbocycles. The first kappa shape index (κ1) is 14.8. The van der Waals surface area contributed by atoms with Crippen molar-refractivity contribution in [2.75, 3.05) is 13.2 Å². The fourth-order valence-electron chi connectivity index (χ4n) is 0.739. The van der Waals surface area contributed by atoms with Gasteiger partial charge in [-0.3, -0.25) is 0 Å². The van der Waals surface area contributed by atoms with Crippen LogP contribution in [0.5, 0.6) is 0 Å². The van der Waals surface area contributed by atoms with Gasteiger partial charge in [0.1, 0.15) is 0 Å². The summed E-state index contributed by atoms with van der Waals surface area (Å²) in [7, 11) is 0. The second kappa shape index (κ2) is 8.05. The lowest BCUT2D eigenvalue weighted by Crippen LogP contribution is -2.27. The number of halogens is 4. The number of hydrogen-bond acceptors (Lipinski definition) is 2. The van der Waals surface area contributed by atoms with Gasteiger partial charge in [-0.15, -0.1) is 0 Å². The third-order valence-corrected chi connectivity index (χ3v) is 6.88. The van der Waals surface area contributed by atoms with E-state index in [9.17, 15) is 0 Å². The lowest BCUT2D eigenvalue weighted by molar-refractivity contribution is 0.285. The highest BCUT2D eigenvalue weighted by Crippen LogP contribution is 2.26. The topological polar surface area (TPSA) is 40.5 Å². The summed E-state index contributed by atoms with van der Waals surface area (Å²) in [4.78, 5) is 0.471. The first-order valence-electron chi connectivity index (χ1n) is 3.80. The van der Waals surface area contributed by atoms with Crippen LogP contribution >= 0.6 is 63.7 Å². The molecule has 80 valence electrons. The van der Waals surface area contributed by atoms with E-state index < -0.39 is 0 Å². The molecule has 2 nitrogen and oxygen atoms in total. The Bertz CT molecular complexity index is 122. The minimum Gasteiger partial charge on any atom is -0.395 e. The first-order valence-corrected chi connectivity index (χ1v) is 7.47. The molecule has 0 saturated heterocycles. The standard InChI is InChI=1S/C7H12Br4O2/c8-4(6(10)2-12)1-5(9)7(11)3-13/h4-7,12-13H,1-3H2/t4-,5-,6-,7+/m1/s1. The zero-order chi connectivity index (χ0) is 10.4. The quantitative estimate of drug-likeness (QED) is 0.614. The van der Waals surface area contributed by atoms with Gasteiger partial charge in [0.25, 0.3) is 0 Å². The van der Waals surface area contributed by atoms with E-state index in [1.807, 2.05) is 0 Å². The number of aliphatic hydroxyl groups excluding tert-OH is 2. The van der Waals surface area contributed by atoms with Gasteiger partial charge in [0.2, 0.25) is 0 Å². The molecular weight excluding hydrogens is 436 g/mol. The molecule has 13 heavy (non-hydrogen) atoms. The smallest absolute Gasteiger partial charge is 0.0567 e. The molecule has 0 unspecified atom stereocenters. The van der Waals surface area contributed by atoms with Gasteiger partial charge in [-0.25, -0.2) is 0 Å². The molecule has 0 aliphatic carbocycles. The minimum atomic E-state index is 0.0472. The van der Waals surface area contributed by atoms with Crippen molar-refractivity contribution in [3.8, 4) is 0 Å². The lowest BCUT2D eigenvalue weighted by Gasteiger charge is -2.20. The van der Waals surface area contributed by atoms with Gasteiger partial charge >= 0.3 is 0 Å². The van der Waals surface area contributed by atoms with E-state index in [-0.39, 0.29) is 32.5 Å². The maximum absolute atomic E-state index is 8.86. The molecule has 6 heteroatoms. The summed E-state index contributed by atoms with van der Waals surface area (Å²) in [6.45, 7) is 0.198. The summed E-state index contributed by atoms with van der Waals surface area (Å²) in [5, 5.41) is 17.7. The van der Waals surface area contributed by atoms with E-state index >= 15 is 0 Å². The third-order valence-electron chi connectivity index (χ3n) is 1.58. The summed E-state index contributed by atoms with van der Waals surface area (Å²) < 4.78 is 0. The van der Waals surface area contributed by atoms with Gasteiger partial charge in [-0.1, -0.05) is 63.7 Å². The second-order valence-electron chi connectivity index (χ2n) is 2.66. The molecule has 0 aliphatic rings. The summed E-state index contributed by atoms with van der Waals surface area (Å²) in [5.74, 6) is 0. The van der Waals surface area contributed by atoms with Crippen molar-refractivity contribution in [2.45, 2.75) is 25.7 Å². The van der Waals surface area contributed by atoms with Gasteiger partial charge in [-0.2, -0.15) is 0 Å². The largest absolute Gasteiger partial charge is 0.395 e. The highest BCUT2D eigenvalue weighted by molar-refractivity contribution is 9.13. The van der Waals surface area contributed by atoms with E-state index in [2.05, 4.69) is 63.7 Å². The summed E-state index contributed by atoms with van der Waals surface area (Å²) in [6, 6.07) is 0. The molecule has 0 aliphatic heterocycles. The van der Waals surface area contributed by atoms with Crippen molar-refractivity contribution in [3.63, 3.8) is 0 Å². The monoisotopic (exact) mass is 444 g/mol. The molecule has 0 amide bonds. The van der Waals surface area contributed by atoms with E-state index in [4.69, 9.17) is 10.2 Å². The van der Waals surface area contributed by atoms with Crippen LogP contribution in [-0.2, 0) is 0 Å². The normalized spacial score (nSPS) is 20.8. The Balaban J connectivity index is 3.83. The molecule has 0 heterocycles. The molecule has 0 rings (SSSR count). The average molecular weight is 448 g/mol. The molecule has 4 atom stereocenters. The van der Waals surface area contributed by atoms with Crippen LogP contribution < -0.4 is 0 Å². The Labute approximate surface area is 112 Å². The van der Waals surface area contributed by atoms with Crippen LogP contribution in [0.15, 0.2) is 0 Å². The molecule has 0 radical (unpaired) electrons. The van der Waals surface area contributed by atoms with E-state index in [0.29, 0.717) is 0 Å². The van der Waals surface area contributed by atoms with Gasteiger partial charge in [0.05, 0.1) is 22.9 Å². The zero-order valence-electron chi connectivity index (χ0n) is 6.84. The highest BCUT2D eigenvalue weighted by Gasteiger charge is 2.22. The third kappa shape index (κ3) is 6.10. The summed E-state index contributed by atoms with van der Waals surface area (Å²) in [5.41, 5.74) is 0. The Kier molecular flexibility index (Phi) is 9.18. The maximum Gasteiger partial charge on any atom is 0.0567 e. The fourth-order valence-corrected chi connectivity index (χ4v) is 2.81.